The Morgan fingerprint density at radius 2 is 1.00 bits per heavy atom. The molecule has 0 unspecified atom stereocenters. The smallest absolute Gasteiger partial charge is 0.399 e. The molecule has 20 heteroatoms. The second kappa shape index (κ2) is 17.0. The Hall–Kier alpha value is -2.24. The van der Waals surface area contributed by atoms with Gasteiger partial charge in [-0.2, -0.15) is 0 Å². The number of nitrogen functional groups attached to an aromatic ring is 1. The van der Waals surface area contributed by atoms with Crippen LogP contribution in [0.25, 0.3) is 0 Å². The molecule has 16 nitrogen and oxygen atoms in total. The van der Waals surface area contributed by atoms with Crippen molar-refractivity contribution in [1.29, 1.82) is 0 Å². The molecule has 234 valence electrons. The summed E-state index contributed by atoms with van der Waals surface area (Å²) < 4.78 is 95.6. The first kappa shape index (κ1) is 38.8. The SMILES string of the molecule is C.CCOP(=O)(NS(=O)(=O)c1ccc(N)cc1)OCC.CCOP(=O)(NS(=O)(=O)c1ccc([N+](=O)[O-])cc1)OCC. The molecule has 0 aliphatic carbocycles. The van der Waals surface area contributed by atoms with E-state index in [1.807, 2.05) is 8.99 Å². The maximum atomic E-state index is 12.1. The zero-order valence-electron chi connectivity index (χ0n) is 22.1. The van der Waals surface area contributed by atoms with Gasteiger partial charge in [-0.25, -0.2) is 26.0 Å². The van der Waals surface area contributed by atoms with Gasteiger partial charge >= 0.3 is 15.5 Å². The van der Waals surface area contributed by atoms with Gasteiger partial charge < -0.3 is 5.73 Å². The van der Waals surface area contributed by atoms with Crippen molar-refractivity contribution in [1.82, 2.24) is 8.99 Å². The van der Waals surface area contributed by atoms with E-state index < -0.39 is 40.5 Å². The van der Waals surface area contributed by atoms with Crippen LogP contribution in [0.5, 0.6) is 0 Å². The number of sulfonamides is 2. The minimum Gasteiger partial charge on any atom is -0.399 e. The van der Waals surface area contributed by atoms with E-state index in [0.717, 1.165) is 24.3 Å². The number of nitrogens with one attached hydrogen (secondary N) is 2. The van der Waals surface area contributed by atoms with E-state index in [2.05, 4.69) is 0 Å². The van der Waals surface area contributed by atoms with Crippen molar-refractivity contribution in [3.05, 3.63) is 58.6 Å². The molecular formula is C21H36N4O12P2S2. The van der Waals surface area contributed by atoms with Gasteiger partial charge in [0.25, 0.3) is 5.69 Å². The molecule has 0 atom stereocenters. The first-order valence-corrected chi connectivity index (χ1v) is 17.6. The number of rotatable bonds is 15. The van der Waals surface area contributed by atoms with Crippen LogP contribution in [0.4, 0.5) is 11.4 Å². The fourth-order valence-corrected chi connectivity index (χ4v) is 9.19. The van der Waals surface area contributed by atoms with Crippen LogP contribution in [0.3, 0.4) is 0 Å². The highest BCUT2D eigenvalue weighted by molar-refractivity contribution is 7.95. The van der Waals surface area contributed by atoms with Gasteiger partial charge in [0.2, 0.25) is 20.0 Å². The summed E-state index contributed by atoms with van der Waals surface area (Å²) in [6.45, 7) is 6.33. The molecule has 0 aromatic heterocycles. The fraction of sp³-hybridized carbons (Fsp3) is 0.429. The number of hydrogen-bond donors (Lipinski definition) is 3. The van der Waals surface area contributed by atoms with Crippen LogP contribution in [0, 0.1) is 10.1 Å². The standard InChI is InChI=1S/C10H15N2O7PS.C10H17N2O5PS.CH4/c1-3-18-20(15,19-4-2)11-21(16,17)10-7-5-9(6-8-10)12(13)14;1-3-16-18(13,17-4-2)12-19(14,15)10-7-5-9(11)6-8-10;/h5-8H,3-4H2,1-2H3,(H,11,15);5-8H,3-4,11H2,1-2H3,(H,12,13);1H4. The first-order valence-electron chi connectivity index (χ1n) is 11.5. The normalized spacial score (nSPS) is 12.1. The summed E-state index contributed by atoms with van der Waals surface area (Å²) in [5.74, 6) is 0. The van der Waals surface area contributed by atoms with Gasteiger partial charge in [-0.05, 0) is 64.1 Å². The molecule has 0 fully saturated rings. The van der Waals surface area contributed by atoms with Gasteiger partial charge in [-0.3, -0.25) is 28.2 Å². The number of anilines is 1. The minimum atomic E-state index is -4.19. The highest BCUT2D eigenvalue weighted by Gasteiger charge is 2.32. The van der Waals surface area contributed by atoms with Crippen molar-refractivity contribution >= 4 is 46.9 Å². The molecule has 2 rings (SSSR count). The number of nitrogens with two attached hydrogens (primary N) is 1. The third kappa shape index (κ3) is 12.7. The van der Waals surface area contributed by atoms with Crippen molar-refractivity contribution in [3.8, 4) is 0 Å². The lowest BCUT2D eigenvalue weighted by Crippen LogP contribution is -2.23. The average Bonchev–Trinajstić information content (AvgIpc) is 2.84. The third-order valence-electron chi connectivity index (χ3n) is 4.21. The summed E-state index contributed by atoms with van der Waals surface area (Å²) in [5.41, 5.74) is 5.64. The summed E-state index contributed by atoms with van der Waals surface area (Å²) >= 11 is 0. The third-order valence-corrected chi connectivity index (χ3v) is 12.1. The van der Waals surface area contributed by atoms with Crippen LogP contribution in [0.2, 0.25) is 0 Å². The van der Waals surface area contributed by atoms with Crippen molar-refractivity contribution < 1.29 is 49.0 Å². The van der Waals surface area contributed by atoms with Crippen LogP contribution < -0.4 is 14.7 Å². The van der Waals surface area contributed by atoms with Gasteiger partial charge in [-0.15, -0.1) is 8.99 Å². The van der Waals surface area contributed by atoms with Crippen molar-refractivity contribution in [3.63, 3.8) is 0 Å². The molecule has 0 radical (unpaired) electrons. The average molecular weight is 663 g/mol. The van der Waals surface area contributed by atoms with Gasteiger partial charge in [0.05, 0.1) is 41.1 Å². The van der Waals surface area contributed by atoms with Gasteiger partial charge in [0, 0.05) is 17.8 Å². The van der Waals surface area contributed by atoms with Crippen molar-refractivity contribution in [2.75, 3.05) is 32.2 Å². The largest absolute Gasteiger partial charge is 0.419 e. The second-order valence-electron chi connectivity index (χ2n) is 7.18. The first-order chi connectivity index (χ1) is 18.6. The number of non-ortho nitro benzene ring substituents is 1. The van der Waals surface area contributed by atoms with E-state index in [4.69, 9.17) is 23.8 Å². The molecule has 0 heterocycles. The van der Waals surface area contributed by atoms with E-state index in [0.29, 0.717) is 5.69 Å². The Labute approximate surface area is 240 Å². The molecule has 2 aromatic rings. The van der Waals surface area contributed by atoms with Gasteiger partial charge in [-0.1, -0.05) is 7.43 Å². The summed E-state index contributed by atoms with van der Waals surface area (Å²) in [5, 5.41) is 10.5. The maximum Gasteiger partial charge on any atom is 0.419 e. The number of hydrogen-bond acceptors (Lipinski definition) is 13. The lowest BCUT2D eigenvalue weighted by atomic mass is 10.3. The van der Waals surface area contributed by atoms with E-state index in [1.165, 1.54) is 38.1 Å². The van der Waals surface area contributed by atoms with Gasteiger partial charge in [0.15, 0.2) is 0 Å². The van der Waals surface area contributed by atoms with E-state index in [1.54, 1.807) is 13.8 Å². The summed E-state index contributed by atoms with van der Waals surface area (Å²) in [6.07, 6.45) is 0. The molecule has 41 heavy (non-hydrogen) atoms. The van der Waals surface area contributed by atoms with Crippen LogP contribution in [0.1, 0.15) is 35.1 Å². The fourth-order valence-electron chi connectivity index (χ4n) is 2.65. The number of nitro benzene ring substituents is 1. The number of nitrogens with zero attached hydrogens (tertiary/aromatic N) is 1. The monoisotopic (exact) mass is 662 g/mol. The van der Waals surface area contributed by atoms with Crippen LogP contribution in [-0.2, 0) is 47.3 Å². The molecule has 0 aliphatic heterocycles. The summed E-state index contributed by atoms with van der Waals surface area (Å²) in [7, 11) is -16.1. The van der Waals surface area contributed by atoms with E-state index in [9.17, 15) is 36.1 Å². The molecule has 0 amide bonds. The zero-order chi connectivity index (χ0) is 30.6. The van der Waals surface area contributed by atoms with Crippen LogP contribution >= 0.6 is 15.5 Å². The highest BCUT2D eigenvalue weighted by Crippen LogP contribution is 2.45. The molecule has 0 saturated carbocycles. The van der Waals surface area contributed by atoms with Gasteiger partial charge in [0.1, 0.15) is 0 Å². The maximum absolute atomic E-state index is 12.1. The second-order valence-corrected chi connectivity index (χ2v) is 14.6. The molecule has 0 bridgehead atoms. The van der Waals surface area contributed by atoms with Crippen molar-refractivity contribution in [2.45, 2.75) is 44.9 Å². The predicted octanol–water partition coefficient (Wildman–Crippen LogP) is 4.42. The molecule has 0 saturated heterocycles. The Morgan fingerprint density at radius 1 is 0.707 bits per heavy atom. The Bertz CT molecular complexity index is 1400. The highest BCUT2D eigenvalue weighted by atomic mass is 32.2. The predicted molar refractivity (Wildman–Crippen MR) is 153 cm³/mol. The summed E-state index contributed by atoms with van der Waals surface area (Å²) in [6, 6.07) is 9.59. The molecular weight excluding hydrogens is 626 g/mol. The zero-order valence-corrected chi connectivity index (χ0v) is 25.5. The van der Waals surface area contributed by atoms with E-state index >= 15 is 0 Å². The lowest BCUT2D eigenvalue weighted by Gasteiger charge is -2.17. The summed E-state index contributed by atoms with van der Waals surface area (Å²) in [4.78, 5) is 9.51. The molecule has 0 spiro atoms. The Morgan fingerprint density at radius 3 is 1.27 bits per heavy atom. The Balaban J connectivity index is 0.000000765. The molecule has 2 aromatic carbocycles. The lowest BCUT2D eigenvalue weighted by molar-refractivity contribution is -0.384. The topological polar surface area (TPSA) is 233 Å². The quantitative estimate of drug-likeness (QED) is 0.104. The van der Waals surface area contributed by atoms with Crippen LogP contribution in [0.15, 0.2) is 58.3 Å². The Kier molecular flexibility index (Phi) is 16.1. The van der Waals surface area contributed by atoms with Crippen LogP contribution in [-0.4, -0.2) is 48.2 Å². The minimum absolute atomic E-state index is 0. The number of benzene rings is 2. The van der Waals surface area contributed by atoms with Crippen molar-refractivity contribution in [2.24, 2.45) is 0 Å². The number of nitro groups is 1. The molecule has 0 aliphatic rings. The molecule has 4 N–H and O–H groups in total. The van der Waals surface area contributed by atoms with E-state index in [-0.39, 0.29) is 49.3 Å².